The van der Waals surface area contributed by atoms with Crippen LogP contribution in [-0.4, -0.2) is 73.9 Å². The van der Waals surface area contributed by atoms with Gasteiger partial charge in [-0.3, -0.25) is 28.8 Å². The number of hydrogen-bond acceptors (Lipinski definition) is 18. The molecule has 20 nitrogen and oxygen atoms in total. The molecule has 0 fully saturated rings. The molecule has 12 rings (SSSR count). The van der Waals surface area contributed by atoms with E-state index in [2.05, 4.69) is 10.6 Å². The van der Waals surface area contributed by atoms with Crippen LogP contribution in [0.25, 0.3) is 0 Å². The highest BCUT2D eigenvalue weighted by Crippen LogP contribution is 2.59. The average molecular weight is 1380 g/mol. The SMILES string of the molecule is CC(C)(C)C(=O)Oc1ccc2c(c1)Oc1cc(OC(=O)C(C)(C)C)ccc1C21OC(=O)c2cc(C(=O)NCCc3ccc(OC/C=C/COc4ccc(CCNC(=O)c5ccc6c(c5)C(=O)OC65c6ccc(OC(=O)C(C)(C)C)cc6Oc6cc(OC(=O)C(C)(C)C)ccc65)cc4)cc3)ccc21. The molecule has 4 aliphatic rings. The van der Waals surface area contributed by atoms with E-state index in [0.29, 0.717) is 84.0 Å². The van der Waals surface area contributed by atoms with Gasteiger partial charge in [0.25, 0.3) is 11.8 Å². The lowest BCUT2D eigenvalue weighted by Crippen LogP contribution is -2.33. The van der Waals surface area contributed by atoms with Gasteiger partial charge in [0.15, 0.2) is 11.2 Å². The Kier molecular flexibility index (Phi) is 18.7. The normalized spacial score (nSPS) is 14.2. The Hall–Kier alpha value is -11.5. The maximum Gasteiger partial charge on any atom is 0.340 e. The molecule has 0 atom stereocenters. The van der Waals surface area contributed by atoms with Crippen molar-refractivity contribution < 1.29 is 85.7 Å². The Morgan fingerprint density at radius 3 is 0.922 bits per heavy atom. The fourth-order valence-corrected chi connectivity index (χ4v) is 11.7. The van der Waals surface area contributed by atoms with Crippen LogP contribution in [0.4, 0.5) is 0 Å². The minimum Gasteiger partial charge on any atom is -0.490 e. The van der Waals surface area contributed by atoms with Gasteiger partial charge in [-0.25, -0.2) is 9.59 Å². The second-order valence-corrected chi connectivity index (χ2v) is 29.4. The van der Waals surface area contributed by atoms with Gasteiger partial charge in [-0.05, 0) is 216 Å². The third-order valence-corrected chi connectivity index (χ3v) is 17.4. The third-order valence-electron chi connectivity index (χ3n) is 17.4. The van der Waals surface area contributed by atoms with Crippen molar-refractivity contribution in [3.05, 3.63) is 237 Å². The lowest BCUT2D eigenvalue weighted by atomic mass is 9.77. The molecule has 0 unspecified atom stereocenters. The molecule has 0 saturated carbocycles. The molecule has 2 amide bonds. The van der Waals surface area contributed by atoms with Crippen LogP contribution in [0.2, 0.25) is 0 Å². The predicted octanol–water partition coefficient (Wildman–Crippen LogP) is 14.6. The highest BCUT2D eigenvalue weighted by atomic mass is 16.6. The van der Waals surface area contributed by atoms with Gasteiger partial charge in [-0.1, -0.05) is 36.4 Å². The molecule has 8 aromatic rings. The van der Waals surface area contributed by atoms with Gasteiger partial charge in [0.05, 0.1) is 32.8 Å². The Morgan fingerprint density at radius 2 is 0.637 bits per heavy atom. The number of ether oxygens (including phenoxy) is 10. The molecule has 0 radical (unpaired) electrons. The standard InChI is InChI=1S/C82H78N2O18/c1-77(2,3)73(89)95-53-25-31-61-65(43-53)99-66-44-54(96-74(90)78(4,5)6)26-32-62(66)81(61)59-29-19-49(41-57(59)71(87)101-81)69(85)83-37-35-47-15-21-51(22-16-47)93-39-13-14-40-94-52-23-17-48(18-24-52)36-38-84-70(86)50-20-30-60-58(42-50)72(88)102-82(60)63-33-27-55(97-75(91)79(7,8)9)45-67(63)100-68-46-56(28-34-64(68)82)98-76(92)80(10,11)12/h13-34,41-46H,35-40H2,1-12H3,(H,83,85)(H,84,86)/b14-13+. The molecule has 4 aliphatic heterocycles. The minimum atomic E-state index is -1.54. The van der Waals surface area contributed by atoms with E-state index >= 15 is 0 Å². The van der Waals surface area contributed by atoms with Crippen molar-refractivity contribution >= 4 is 47.6 Å². The van der Waals surface area contributed by atoms with Crippen molar-refractivity contribution in [3.63, 3.8) is 0 Å². The van der Waals surface area contributed by atoms with Crippen molar-refractivity contribution in [2.45, 2.75) is 107 Å². The van der Waals surface area contributed by atoms with E-state index in [0.717, 1.165) is 11.1 Å². The molecular weight excluding hydrogens is 1300 g/mol. The lowest BCUT2D eigenvalue weighted by Gasteiger charge is -2.36. The molecule has 524 valence electrons. The first-order chi connectivity index (χ1) is 48.3. The topological polar surface area (TPSA) is 253 Å². The zero-order chi connectivity index (χ0) is 72.8. The summed E-state index contributed by atoms with van der Waals surface area (Å²) in [5.74, 6) is -0.832. The van der Waals surface area contributed by atoms with E-state index in [1.165, 1.54) is 12.1 Å². The summed E-state index contributed by atoms with van der Waals surface area (Å²) in [4.78, 5) is 107. The summed E-state index contributed by atoms with van der Waals surface area (Å²) in [6.07, 6.45) is 4.74. The van der Waals surface area contributed by atoms with Gasteiger partial charge in [-0.2, -0.15) is 0 Å². The highest BCUT2D eigenvalue weighted by Gasteiger charge is 2.56. The number of carbonyl (C=O) groups is 8. The molecular formula is C82H78N2O18. The molecule has 102 heavy (non-hydrogen) atoms. The molecule has 0 aliphatic carbocycles. The number of rotatable bonds is 18. The molecule has 4 heterocycles. The maximum absolute atomic E-state index is 14.0. The number of esters is 6. The Bertz CT molecular complexity index is 4300. The summed E-state index contributed by atoms with van der Waals surface area (Å²) in [5.41, 5.74) is -0.730. The summed E-state index contributed by atoms with van der Waals surface area (Å²) in [6, 6.07) is 44.1. The van der Waals surface area contributed by atoms with Crippen LogP contribution in [0.3, 0.4) is 0 Å². The monoisotopic (exact) mass is 1380 g/mol. The predicted molar refractivity (Wildman–Crippen MR) is 375 cm³/mol. The number of amides is 2. The first kappa shape index (κ1) is 70.3. The van der Waals surface area contributed by atoms with Crippen molar-refractivity contribution in [1.82, 2.24) is 10.6 Å². The minimum absolute atomic E-state index is 0.178. The van der Waals surface area contributed by atoms with E-state index in [1.807, 2.05) is 60.7 Å². The number of hydrogen-bond donors (Lipinski definition) is 2. The average Bonchev–Trinajstić information content (AvgIpc) is 1.49. The summed E-state index contributed by atoms with van der Waals surface area (Å²) in [6.45, 7) is 22.1. The van der Waals surface area contributed by atoms with E-state index in [9.17, 15) is 38.4 Å². The summed E-state index contributed by atoms with van der Waals surface area (Å²) < 4.78 is 60.3. The van der Waals surface area contributed by atoms with Crippen LogP contribution >= 0.6 is 0 Å². The molecule has 2 spiro atoms. The molecule has 8 aromatic carbocycles. The van der Waals surface area contributed by atoms with Crippen LogP contribution < -0.4 is 48.5 Å². The van der Waals surface area contributed by atoms with Gasteiger partial charge >= 0.3 is 35.8 Å². The van der Waals surface area contributed by atoms with E-state index in [-0.39, 0.29) is 80.1 Å². The number of benzene rings is 8. The van der Waals surface area contributed by atoms with Crippen molar-refractivity contribution in [3.8, 4) is 57.5 Å². The Labute approximate surface area is 590 Å². The molecule has 20 heteroatoms. The Morgan fingerprint density at radius 1 is 0.363 bits per heavy atom. The quantitative estimate of drug-likeness (QED) is 0.0460. The van der Waals surface area contributed by atoms with Crippen molar-refractivity contribution in [2.75, 3.05) is 26.3 Å². The second-order valence-electron chi connectivity index (χ2n) is 29.4. The summed E-state index contributed by atoms with van der Waals surface area (Å²) >= 11 is 0. The van der Waals surface area contributed by atoms with Gasteiger partial charge in [0, 0.05) is 81.9 Å². The first-order valence-corrected chi connectivity index (χ1v) is 33.5. The number of nitrogens with one attached hydrogen (secondary N) is 2. The Balaban J connectivity index is 0.606. The third kappa shape index (κ3) is 14.3. The van der Waals surface area contributed by atoms with E-state index in [1.54, 1.807) is 180 Å². The van der Waals surface area contributed by atoms with Crippen molar-refractivity contribution in [1.29, 1.82) is 0 Å². The molecule has 0 bridgehead atoms. The molecule has 2 N–H and O–H groups in total. The fraction of sp³-hybridized carbons (Fsp3) is 0.293. The second kappa shape index (κ2) is 27.2. The highest BCUT2D eigenvalue weighted by molar-refractivity contribution is 6.03. The van der Waals surface area contributed by atoms with Crippen molar-refractivity contribution in [2.24, 2.45) is 21.7 Å². The first-order valence-electron chi connectivity index (χ1n) is 33.5. The summed E-state index contributed by atoms with van der Waals surface area (Å²) in [5, 5.41) is 5.92. The lowest BCUT2D eigenvalue weighted by molar-refractivity contribution is -0.143. The number of carbonyl (C=O) groups excluding carboxylic acids is 8. The fourth-order valence-electron chi connectivity index (χ4n) is 11.7. The maximum atomic E-state index is 14.0. The van der Waals surface area contributed by atoms with Crippen LogP contribution in [0.5, 0.6) is 57.5 Å². The van der Waals surface area contributed by atoms with Gasteiger partial charge in [0.1, 0.15) is 70.7 Å². The van der Waals surface area contributed by atoms with Crippen LogP contribution in [0, 0.1) is 21.7 Å². The van der Waals surface area contributed by atoms with Gasteiger partial charge in [0.2, 0.25) is 0 Å². The largest absolute Gasteiger partial charge is 0.490 e. The smallest absolute Gasteiger partial charge is 0.340 e. The zero-order valence-corrected chi connectivity index (χ0v) is 58.8. The molecule has 0 aromatic heterocycles. The van der Waals surface area contributed by atoms with Gasteiger partial charge in [-0.15, -0.1) is 0 Å². The zero-order valence-electron chi connectivity index (χ0n) is 58.8. The molecule has 0 saturated heterocycles. The van der Waals surface area contributed by atoms with Crippen LogP contribution in [0.15, 0.2) is 170 Å². The summed E-state index contributed by atoms with van der Waals surface area (Å²) in [7, 11) is 0. The van der Waals surface area contributed by atoms with E-state index < -0.39 is 68.7 Å². The van der Waals surface area contributed by atoms with Gasteiger partial charge < -0.3 is 58.0 Å². The number of fused-ring (bicyclic) bond motifs is 12. The van der Waals surface area contributed by atoms with E-state index in [4.69, 9.17) is 47.4 Å². The van der Waals surface area contributed by atoms with Crippen LogP contribution in [0.1, 0.15) is 169 Å². The van der Waals surface area contributed by atoms with Crippen LogP contribution in [-0.2, 0) is 52.7 Å².